The summed E-state index contributed by atoms with van der Waals surface area (Å²) in [6.07, 6.45) is -2.63. The number of aromatic nitrogens is 3. The number of rotatable bonds is 4. The van der Waals surface area contributed by atoms with E-state index >= 15 is 0 Å². The van der Waals surface area contributed by atoms with E-state index in [1.165, 1.54) is 12.3 Å². The number of ether oxygens (including phenoxy) is 1. The van der Waals surface area contributed by atoms with Gasteiger partial charge < -0.3 is 20.4 Å². The summed E-state index contributed by atoms with van der Waals surface area (Å²) in [6.45, 7) is 5.27. The molecule has 1 amide bonds. The minimum Gasteiger partial charge on any atom is -0.444 e. The number of H-pyrrole nitrogens is 1. The van der Waals surface area contributed by atoms with Crippen molar-refractivity contribution in [1.82, 2.24) is 20.3 Å². The molecule has 1 aliphatic rings. The number of fused-ring (bicyclic) bond motifs is 2. The highest BCUT2D eigenvalue weighted by molar-refractivity contribution is 5.96. The van der Waals surface area contributed by atoms with Gasteiger partial charge in [-0.1, -0.05) is 30.3 Å². The number of hydrogen-bond acceptors (Lipinski definition) is 6. The molecule has 0 spiro atoms. The quantitative estimate of drug-likeness (QED) is 0.291. The maximum Gasteiger partial charge on any atom is 0.419 e. The monoisotopic (exact) mass is 534 g/mol. The Hall–Kier alpha value is -4.59. The molecule has 2 aromatic carbocycles. The molecule has 8 nitrogen and oxygen atoms in total. The van der Waals surface area contributed by atoms with Crippen molar-refractivity contribution < 1.29 is 22.7 Å². The Morgan fingerprint density at radius 3 is 2.67 bits per heavy atom. The van der Waals surface area contributed by atoms with Crippen LogP contribution in [0.4, 0.5) is 23.9 Å². The minimum absolute atomic E-state index is 0.0187. The van der Waals surface area contributed by atoms with Gasteiger partial charge in [-0.2, -0.15) is 18.4 Å². The van der Waals surface area contributed by atoms with Crippen molar-refractivity contribution in [2.24, 2.45) is 0 Å². The molecule has 2 aromatic heterocycles. The van der Waals surface area contributed by atoms with Crippen LogP contribution in [0.3, 0.4) is 0 Å². The Morgan fingerprint density at radius 2 is 1.95 bits per heavy atom. The molecule has 0 bridgehead atoms. The molecule has 0 fully saturated rings. The fourth-order valence-corrected chi connectivity index (χ4v) is 4.76. The number of carbonyl (C=O) groups is 1. The van der Waals surface area contributed by atoms with E-state index in [0.29, 0.717) is 22.9 Å². The summed E-state index contributed by atoms with van der Waals surface area (Å²) >= 11 is 0. The molecular formula is C28H25F3N6O2. The third-order valence-corrected chi connectivity index (χ3v) is 6.38. The van der Waals surface area contributed by atoms with E-state index in [9.17, 15) is 18.0 Å². The molecule has 3 N–H and O–H groups in total. The standard InChI is InChI=1S/C28H25F3N6O2/c1-27(2,3)39-26(38)37-24-17-7-5-4-6-16(17)11-22(24)35-25-34-14-20(28(29,30)31)23(36-25)19-13-33-21-10-15(12-32)8-9-18(19)21/h4-10,13-14,22,24,33H,11H2,1-3H3,(H,37,38)(H,34,35,36)/t22-,24-/m0/s1. The van der Waals surface area contributed by atoms with Crippen LogP contribution < -0.4 is 10.6 Å². The highest BCUT2D eigenvalue weighted by Crippen LogP contribution is 2.39. The number of alkyl carbamates (subject to hydrolysis) is 1. The topological polar surface area (TPSA) is 116 Å². The molecule has 39 heavy (non-hydrogen) atoms. The number of hydrogen-bond donors (Lipinski definition) is 3. The number of benzene rings is 2. The highest BCUT2D eigenvalue weighted by atomic mass is 19.4. The Balaban J connectivity index is 1.51. The molecule has 5 rings (SSSR count). The van der Waals surface area contributed by atoms with Gasteiger partial charge in [0.25, 0.3) is 0 Å². The molecule has 0 unspecified atom stereocenters. The Morgan fingerprint density at radius 1 is 1.18 bits per heavy atom. The minimum atomic E-state index is -4.70. The van der Waals surface area contributed by atoms with Crippen molar-refractivity contribution in [2.45, 2.75) is 51.1 Å². The summed E-state index contributed by atoms with van der Waals surface area (Å²) in [5, 5.41) is 15.7. The van der Waals surface area contributed by atoms with E-state index in [1.807, 2.05) is 30.3 Å². The van der Waals surface area contributed by atoms with Crippen LogP contribution in [-0.2, 0) is 17.3 Å². The van der Waals surface area contributed by atoms with E-state index in [4.69, 9.17) is 10.00 Å². The summed E-state index contributed by atoms with van der Waals surface area (Å²) in [5.41, 5.74) is 0.972. The van der Waals surface area contributed by atoms with Crippen LogP contribution in [-0.4, -0.2) is 32.7 Å². The molecule has 2 heterocycles. The van der Waals surface area contributed by atoms with Crippen molar-refractivity contribution >= 4 is 22.9 Å². The smallest absolute Gasteiger partial charge is 0.419 e. The largest absolute Gasteiger partial charge is 0.444 e. The summed E-state index contributed by atoms with van der Waals surface area (Å²) in [4.78, 5) is 23.8. The number of aromatic amines is 1. The molecule has 0 aliphatic heterocycles. The van der Waals surface area contributed by atoms with Crippen molar-refractivity contribution in [3.05, 3.63) is 77.1 Å². The second-order valence-corrected chi connectivity index (χ2v) is 10.3. The van der Waals surface area contributed by atoms with Gasteiger partial charge in [-0.05, 0) is 50.5 Å². The lowest BCUT2D eigenvalue weighted by atomic mass is 10.0. The predicted octanol–water partition coefficient (Wildman–Crippen LogP) is 6.12. The van der Waals surface area contributed by atoms with Crippen LogP contribution in [0.5, 0.6) is 0 Å². The third-order valence-electron chi connectivity index (χ3n) is 6.38. The van der Waals surface area contributed by atoms with Crippen LogP contribution in [0.1, 0.15) is 49.1 Å². The summed E-state index contributed by atoms with van der Waals surface area (Å²) in [7, 11) is 0. The van der Waals surface area contributed by atoms with Crippen LogP contribution in [0, 0.1) is 11.3 Å². The van der Waals surface area contributed by atoms with Gasteiger partial charge >= 0.3 is 12.3 Å². The van der Waals surface area contributed by atoms with Gasteiger partial charge in [-0.3, -0.25) is 0 Å². The van der Waals surface area contributed by atoms with Crippen molar-refractivity contribution in [2.75, 3.05) is 5.32 Å². The van der Waals surface area contributed by atoms with Crippen LogP contribution >= 0.6 is 0 Å². The SMILES string of the molecule is CC(C)(C)OC(=O)N[C@H]1c2ccccc2C[C@@H]1Nc1ncc(C(F)(F)F)c(-c2c[nH]c3cc(C#N)ccc23)n1. The number of amides is 1. The molecular weight excluding hydrogens is 509 g/mol. The van der Waals surface area contributed by atoms with E-state index < -0.39 is 35.5 Å². The molecule has 0 saturated heterocycles. The number of anilines is 1. The lowest BCUT2D eigenvalue weighted by Gasteiger charge is -2.26. The Labute approximate surface area is 222 Å². The zero-order valence-electron chi connectivity index (χ0n) is 21.3. The van der Waals surface area contributed by atoms with Crippen molar-refractivity contribution in [3.8, 4) is 17.3 Å². The third kappa shape index (κ3) is 5.36. The van der Waals surface area contributed by atoms with Crippen LogP contribution in [0.25, 0.3) is 22.2 Å². The average Bonchev–Trinajstić information content (AvgIpc) is 3.43. The Kier molecular flexibility index (Phi) is 6.42. The zero-order valence-corrected chi connectivity index (χ0v) is 21.3. The highest BCUT2D eigenvalue weighted by Gasteiger charge is 2.38. The van der Waals surface area contributed by atoms with E-state index in [2.05, 4.69) is 25.6 Å². The number of carbonyl (C=O) groups excluding carboxylic acids is 1. The lowest BCUT2D eigenvalue weighted by Crippen LogP contribution is -2.40. The van der Waals surface area contributed by atoms with Crippen molar-refractivity contribution in [1.29, 1.82) is 5.26 Å². The van der Waals surface area contributed by atoms with Gasteiger partial charge in [0.2, 0.25) is 5.95 Å². The summed E-state index contributed by atoms with van der Waals surface area (Å²) in [6, 6.07) is 13.3. The van der Waals surface area contributed by atoms with Gasteiger partial charge in [0.05, 0.1) is 29.4 Å². The number of nitrogens with zero attached hydrogens (tertiary/aromatic N) is 3. The van der Waals surface area contributed by atoms with Gasteiger partial charge in [-0.15, -0.1) is 0 Å². The molecule has 0 saturated carbocycles. The maximum absolute atomic E-state index is 14.0. The zero-order chi connectivity index (χ0) is 27.9. The number of halogens is 3. The van der Waals surface area contributed by atoms with Crippen LogP contribution in [0.15, 0.2) is 54.9 Å². The summed E-state index contributed by atoms with van der Waals surface area (Å²) in [5.74, 6) is -0.0187. The summed E-state index contributed by atoms with van der Waals surface area (Å²) < 4.78 is 47.4. The first-order valence-corrected chi connectivity index (χ1v) is 12.2. The first-order chi connectivity index (χ1) is 18.4. The maximum atomic E-state index is 14.0. The average molecular weight is 535 g/mol. The fraction of sp³-hybridized carbons (Fsp3) is 0.286. The number of alkyl halides is 3. The van der Waals surface area contributed by atoms with E-state index in [-0.39, 0.29) is 17.2 Å². The molecule has 0 radical (unpaired) electrons. The second-order valence-electron chi connectivity index (χ2n) is 10.3. The van der Waals surface area contributed by atoms with E-state index in [0.717, 1.165) is 17.3 Å². The molecule has 4 aromatic rings. The Bertz CT molecular complexity index is 1600. The van der Waals surface area contributed by atoms with Gasteiger partial charge in [0, 0.05) is 28.9 Å². The number of nitriles is 1. The molecule has 11 heteroatoms. The molecule has 2 atom stereocenters. The number of nitrogens with one attached hydrogen (secondary N) is 3. The fourth-order valence-electron chi connectivity index (χ4n) is 4.76. The van der Waals surface area contributed by atoms with Gasteiger partial charge in [0.1, 0.15) is 11.2 Å². The molecule has 1 aliphatic carbocycles. The van der Waals surface area contributed by atoms with Crippen molar-refractivity contribution in [3.63, 3.8) is 0 Å². The first-order valence-electron chi connectivity index (χ1n) is 12.2. The van der Waals surface area contributed by atoms with E-state index in [1.54, 1.807) is 32.9 Å². The molecule has 200 valence electrons. The van der Waals surface area contributed by atoms with Gasteiger partial charge in [0.15, 0.2) is 0 Å². The first kappa shape index (κ1) is 26.0. The second kappa shape index (κ2) is 9.62. The predicted molar refractivity (Wildman–Crippen MR) is 139 cm³/mol. The van der Waals surface area contributed by atoms with Crippen LogP contribution in [0.2, 0.25) is 0 Å². The van der Waals surface area contributed by atoms with Gasteiger partial charge in [-0.25, -0.2) is 14.8 Å². The normalized spacial score (nSPS) is 16.9. The lowest BCUT2D eigenvalue weighted by molar-refractivity contribution is -0.137.